The first-order valence-corrected chi connectivity index (χ1v) is 25.8. The average molecular weight is 845 g/mol. The Hall–Kier alpha value is -2.29. The number of ether oxygens (including phenoxy) is 1. The van der Waals surface area contributed by atoms with Gasteiger partial charge < -0.3 is 15.0 Å². The van der Waals surface area contributed by atoms with E-state index in [9.17, 15) is 17.6 Å². The van der Waals surface area contributed by atoms with Crippen molar-refractivity contribution in [2.75, 3.05) is 39.1 Å². The van der Waals surface area contributed by atoms with E-state index in [1.54, 1.807) is 0 Å². The Bertz CT molecular complexity index is 1970. The molecule has 1 heterocycles. The van der Waals surface area contributed by atoms with Gasteiger partial charge in [0.05, 0.1) is 10.7 Å². The molecule has 6 aliphatic carbocycles. The first kappa shape index (κ1) is 44.3. The predicted octanol–water partition coefficient (Wildman–Crippen LogP) is 10.8. The van der Waals surface area contributed by atoms with Crippen LogP contribution in [0.2, 0.25) is 0 Å². The minimum atomic E-state index is -2.96. The highest BCUT2D eigenvalue weighted by atomic mass is 32.2. The second-order valence-electron chi connectivity index (χ2n) is 22.6. The zero-order valence-corrected chi connectivity index (χ0v) is 39.0. The van der Waals surface area contributed by atoms with Gasteiger partial charge >= 0.3 is 5.97 Å². The molecule has 0 spiro atoms. The maximum Gasteiger partial charge on any atom is 0.315 e. The third kappa shape index (κ3) is 7.24. The number of nitrogens with zero attached hydrogens (tertiary/aromatic N) is 1. The van der Waals surface area contributed by atoms with Crippen LogP contribution in [0.1, 0.15) is 137 Å². The molecular weight excluding hydrogens is 768 g/mol. The summed E-state index contributed by atoms with van der Waals surface area (Å²) in [6.07, 6.45) is 20.5. The number of allylic oxidation sites excluding steroid dienone is 5. The fraction of sp³-hybridized carbons (Fsp3) is 0.750. The summed E-state index contributed by atoms with van der Waals surface area (Å²) >= 11 is 0. The molecule has 6 nitrogen and oxygen atoms in total. The molecule has 10 atom stereocenters. The van der Waals surface area contributed by atoms with Gasteiger partial charge in [-0.15, -0.1) is 0 Å². The molecule has 1 N–H and O–H groups in total. The predicted molar refractivity (Wildman–Crippen MR) is 242 cm³/mol. The zero-order valence-electron chi connectivity index (χ0n) is 38.2. The third-order valence-corrected chi connectivity index (χ3v) is 21.2. The van der Waals surface area contributed by atoms with Gasteiger partial charge in [0.2, 0.25) is 0 Å². The summed E-state index contributed by atoms with van der Waals surface area (Å²) in [5, 5.41) is 4.09. The van der Waals surface area contributed by atoms with E-state index in [4.69, 9.17) is 4.74 Å². The van der Waals surface area contributed by atoms with Crippen LogP contribution in [-0.2, 0) is 26.0 Å². The van der Waals surface area contributed by atoms with Gasteiger partial charge in [0.15, 0.2) is 0 Å². The molecule has 1 aliphatic heterocycles. The second-order valence-corrected chi connectivity index (χ2v) is 24.9. The number of hydrogen-bond donors (Lipinski definition) is 1. The normalized spacial score (nSPS) is 40.6. The van der Waals surface area contributed by atoms with Gasteiger partial charge in [0, 0.05) is 24.9 Å². The lowest BCUT2D eigenvalue weighted by Gasteiger charge is -2.72. The van der Waals surface area contributed by atoms with Crippen LogP contribution in [0.3, 0.4) is 0 Å². The van der Waals surface area contributed by atoms with Crippen molar-refractivity contribution in [1.82, 2.24) is 10.2 Å². The third-order valence-electron chi connectivity index (χ3n) is 19.5. The molecule has 0 amide bonds. The number of halogens is 1. The van der Waals surface area contributed by atoms with Crippen molar-refractivity contribution in [2.45, 2.75) is 149 Å². The number of esters is 1. The van der Waals surface area contributed by atoms with Crippen LogP contribution in [0.25, 0.3) is 0 Å². The Balaban J connectivity index is 0.981. The zero-order chi connectivity index (χ0) is 42.9. The summed E-state index contributed by atoms with van der Waals surface area (Å²) in [6.45, 7) is 23.2. The summed E-state index contributed by atoms with van der Waals surface area (Å²) in [7, 11) is -2.96. The van der Waals surface area contributed by atoms with Crippen molar-refractivity contribution in [3.05, 3.63) is 71.3 Å². The van der Waals surface area contributed by atoms with Crippen LogP contribution in [-0.4, -0.2) is 69.2 Å². The first-order valence-electron chi connectivity index (χ1n) is 23.8. The Labute approximate surface area is 362 Å². The Morgan fingerprint density at radius 3 is 2.27 bits per heavy atom. The molecule has 332 valence electrons. The number of piperidine rings is 1. The molecule has 0 radical (unpaired) electrons. The number of hydrogen-bond acceptors (Lipinski definition) is 6. The van der Waals surface area contributed by atoms with E-state index in [1.807, 2.05) is 30.3 Å². The summed E-state index contributed by atoms with van der Waals surface area (Å²) in [6, 6.07) is 9.68. The monoisotopic (exact) mass is 845 g/mol. The Morgan fingerprint density at radius 2 is 1.62 bits per heavy atom. The quantitative estimate of drug-likeness (QED) is 0.177. The van der Waals surface area contributed by atoms with Crippen LogP contribution in [0.15, 0.2) is 65.8 Å². The van der Waals surface area contributed by atoms with E-state index in [1.165, 1.54) is 74.3 Å². The number of carbonyl (C=O) groups excluding carboxylic acids is 1. The standard InChI is InChI=1S/C52H77FN2O4S/c1-36(2)40-18-27-52(54-30-33-55-31-21-39(22-32-55)60(8,57)58)29-28-49(6)42(45(40)52)14-15-44-48(5)23-19-41(47(3,4)43(48)20-24-50(44,49)7)38-16-25-51(35-53,26-17-38)46(56)59-34-37-12-10-9-11-13-37/h9-13,16,19,39-40,42-45,54H,1,14-15,17-18,20-35H2,2-8H3/t40-,42+,43-,44+,45+,48-,49+,50+,51+,52-/m0/s1. The van der Waals surface area contributed by atoms with E-state index in [0.29, 0.717) is 48.9 Å². The van der Waals surface area contributed by atoms with Crippen LogP contribution in [0, 0.1) is 56.7 Å². The fourth-order valence-corrected chi connectivity index (χ4v) is 17.1. The molecule has 1 saturated heterocycles. The molecule has 0 unspecified atom stereocenters. The van der Waals surface area contributed by atoms with Crippen LogP contribution in [0.4, 0.5) is 4.39 Å². The van der Waals surface area contributed by atoms with Gasteiger partial charge in [-0.1, -0.05) is 89.3 Å². The van der Waals surface area contributed by atoms with Crippen LogP contribution in [0.5, 0.6) is 0 Å². The molecule has 7 aliphatic rings. The number of nitrogens with one attached hydrogen (secondary N) is 1. The molecule has 8 rings (SSSR count). The summed E-state index contributed by atoms with van der Waals surface area (Å²) in [5.41, 5.74) is 4.83. The minimum Gasteiger partial charge on any atom is -0.460 e. The average Bonchev–Trinajstić information content (AvgIpc) is 3.60. The topological polar surface area (TPSA) is 75.7 Å². The molecule has 60 heavy (non-hydrogen) atoms. The number of carbonyl (C=O) groups is 1. The smallest absolute Gasteiger partial charge is 0.315 e. The van der Waals surface area contributed by atoms with E-state index >= 15 is 0 Å². The van der Waals surface area contributed by atoms with Crippen LogP contribution < -0.4 is 5.32 Å². The lowest BCUT2D eigenvalue weighted by molar-refractivity contribution is -0.221. The SMILES string of the molecule is C=C(C)[C@@H]1CC[C@]2(NCCN3CCC(S(C)(=O)=O)CC3)CC[C@]3(C)[C@H](CC[C@@H]4[C@@]5(C)CC=C(C6=CC[C@@](CF)(C(=O)OCc7ccccc7)CC6)C(C)(C)[C@@H]5CC[C@]43C)[C@@H]12. The molecular formula is C52H77FN2O4S. The molecule has 4 saturated carbocycles. The number of rotatable bonds is 11. The highest BCUT2D eigenvalue weighted by molar-refractivity contribution is 7.91. The Kier molecular flexibility index (Phi) is 11.9. The summed E-state index contributed by atoms with van der Waals surface area (Å²) in [4.78, 5) is 15.9. The van der Waals surface area contributed by atoms with E-state index < -0.39 is 27.9 Å². The first-order chi connectivity index (χ1) is 28.3. The largest absolute Gasteiger partial charge is 0.460 e. The van der Waals surface area contributed by atoms with Gasteiger partial charge in [-0.3, -0.25) is 4.79 Å². The highest BCUT2D eigenvalue weighted by Crippen LogP contribution is 2.76. The maximum atomic E-state index is 14.8. The summed E-state index contributed by atoms with van der Waals surface area (Å²) < 4.78 is 44.9. The van der Waals surface area contributed by atoms with Crippen molar-refractivity contribution < 1.29 is 22.3 Å². The molecule has 0 aromatic heterocycles. The molecule has 5 fully saturated rings. The van der Waals surface area contributed by atoms with Gasteiger partial charge in [-0.25, -0.2) is 12.8 Å². The van der Waals surface area contributed by atoms with Crippen molar-refractivity contribution in [3.63, 3.8) is 0 Å². The van der Waals surface area contributed by atoms with Crippen molar-refractivity contribution in [3.8, 4) is 0 Å². The maximum absolute atomic E-state index is 14.8. The van der Waals surface area contributed by atoms with Crippen molar-refractivity contribution in [2.24, 2.45) is 56.7 Å². The molecule has 0 bridgehead atoms. The van der Waals surface area contributed by atoms with Gasteiger partial charge in [0.25, 0.3) is 0 Å². The van der Waals surface area contributed by atoms with Gasteiger partial charge in [-0.05, 0) is 178 Å². The summed E-state index contributed by atoms with van der Waals surface area (Å²) in [5.74, 6) is 2.64. The van der Waals surface area contributed by atoms with E-state index in [-0.39, 0.29) is 39.1 Å². The highest BCUT2D eigenvalue weighted by Gasteiger charge is 2.70. The molecule has 8 heteroatoms. The minimum absolute atomic E-state index is 0.0103. The number of fused-ring (bicyclic) bond motifs is 7. The van der Waals surface area contributed by atoms with E-state index in [2.05, 4.69) is 70.5 Å². The van der Waals surface area contributed by atoms with Gasteiger partial charge in [0.1, 0.15) is 23.1 Å². The number of likely N-dealkylation sites (tertiary alicyclic amines) is 1. The number of alkyl halides is 1. The fourth-order valence-electron chi connectivity index (χ4n) is 16.0. The number of benzene rings is 1. The van der Waals surface area contributed by atoms with Gasteiger partial charge in [-0.2, -0.15) is 0 Å². The number of sulfone groups is 1. The van der Waals surface area contributed by atoms with Crippen LogP contribution >= 0.6 is 0 Å². The van der Waals surface area contributed by atoms with E-state index in [0.717, 1.165) is 51.0 Å². The van der Waals surface area contributed by atoms with Crippen molar-refractivity contribution >= 4 is 15.8 Å². The lowest BCUT2D eigenvalue weighted by atomic mass is 9.33. The molecule has 1 aromatic rings. The Morgan fingerprint density at radius 1 is 0.883 bits per heavy atom. The molecule has 1 aromatic carbocycles. The second kappa shape index (κ2) is 16.1. The van der Waals surface area contributed by atoms with Crippen molar-refractivity contribution in [1.29, 1.82) is 0 Å². The lowest BCUT2D eigenvalue weighted by Crippen LogP contribution is -2.68.